The van der Waals surface area contributed by atoms with Gasteiger partial charge in [-0.05, 0) is 69.8 Å². The molecule has 3 aliphatic heterocycles. The molecule has 1 aromatic carbocycles. The number of likely N-dealkylation sites (N-methyl/N-ethyl adjacent to an activating group) is 1. The third-order valence-electron chi connectivity index (χ3n) is 8.34. The Kier molecular flexibility index (Phi) is 6.98. The highest BCUT2D eigenvalue weighted by molar-refractivity contribution is 5.93. The molecule has 198 valence electrons. The molecule has 0 aliphatic carbocycles. The molecule has 0 unspecified atom stereocenters. The molecule has 0 amide bonds. The third kappa shape index (κ3) is 4.97. The van der Waals surface area contributed by atoms with Gasteiger partial charge in [-0.3, -0.25) is 4.98 Å². The Morgan fingerprint density at radius 1 is 1.11 bits per heavy atom. The summed E-state index contributed by atoms with van der Waals surface area (Å²) >= 11 is 0. The van der Waals surface area contributed by atoms with Gasteiger partial charge in [0.25, 0.3) is 0 Å². The number of halogens is 1. The molecule has 0 N–H and O–H groups in total. The lowest BCUT2D eigenvalue weighted by atomic mass is 9.94. The van der Waals surface area contributed by atoms with Crippen LogP contribution in [0.15, 0.2) is 30.6 Å². The first-order valence-electron chi connectivity index (χ1n) is 13.7. The number of benzene rings is 1. The molecule has 2 aromatic heterocycles. The van der Waals surface area contributed by atoms with Crippen LogP contribution in [0.3, 0.4) is 0 Å². The smallest absolute Gasteiger partial charge is 0.318 e. The number of likely N-dealkylation sites (tertiary alicyclic amines) is 1. The van der Waals surface area contributed by atoms with Crippen LogP contribution in [-0.2, 0) is 13.0 Å². The number of anilines is 2. The molecule has 38 heavy (non-hydrogen) atoms. The highest BCUT2D eigenvalue weighted by atomic mass is 19.1. The van der Waals surface area contributed by atoms with Crippen LogP contribution in [0, 0.1) is 23.1 Å². The van der Waals surface area contributed by atoms with Gasteiger partial charge >= 0.3 is 6.01 Å². The molecule has 0 bridgehead atoms. The molecule has 2 saturated heterocycles. The van der Waals surface area contributed by atoms with Gasteiger partial charge < -0.3 is 19.4 Å². The number of hydrogen-bond donors (Lipinski definition) is 0. The fourth-order valence-electron chi connectivity index (χ4n) is 6.21. The first-order valence-corrected chi connectivity index (χ1v) is 13.7. The molecule has 3 aliphatic rings. The SMILES string of the molecule is CN1CCC[C@H]1COc1nc2c(c(N3CCC[C@@H](CC#N)C3)n1)CCN(c1cncc3ccc(F)cc13)C2. The molecule has 6 rings (SSSR count). The van der Waals surface area contributed by atoms with E-state index in [0.29, 0.717) is 37.5 Å². The van der Waals surface area contributed by atoms with Crippen molar-refractivity contribution in [2.45, 2.75) is 51.1 Å². The Balaban J connectivity index is 1.33. The molecule has 3 aromatic rings. The first-order chi connectivity index (χ1) is 18.6. The third-order valence-corrected chi connectivity index (χ3v) is 8.34. The Labute approximate surface area is 223 Å². The maximum atomic E-state index is 14.2. The monoisotopic (exact) mass is 515 g/mol. The molecule has 0 saturated carbocycles. The molecule has 0 spiro atoms. The topological polar surface area (TPSA) is 81.4 Å². The van der Waals surface area contributed by atoms with Gasteiger partial charge in [0.1, 0.15) is 18.2 Å². The zero-order valence-corrected chi connectivity index (χ0v) is 21.9. The van der Waals surface area contributed by atoms with E-state index in [1.807, 2.05) is 6.20 Å². The predicted molar refractivity (Wildman–Crippen MR) is 145 cm³/mol. The second kappa shape index (κ2) is 10.7. The highest BCUT2D eigenvalue weighted by Gasteiger charge is 2.30. The molecule has 2 fully saturated rings. The summed E-state index contributed by atoms with van der Waals surface area (Å²) in [5, 5.41) is 11.1. The van der Waals surface area contributed by atoms with E-state index in [0.717, 1.165) is 85.4 Å². The van der Waals surface area contributed by atoms with Crippen LogP contribution in [0.4, 0.5) is 15.9 Å². The second-order valence-electron chi connectivity index (χ2n) is 10.9. The minimum Gasteiger partial charge on any atom is -0.462 e. The molecular formula is C29H34FN7O. The van der Waals surface area contributed by atoms with E-state index in [1.54, 1.807) is 18.3 Å². The van der Waals surface area contributed by atoms with Crippen molar-refractivity contribution in [1.82, 2.24) is 19.9 Å². The van der Waals surface area contributed by atoms with E-state index in [9.17, 15) is 9.65 Å². The number of nitrogens with zero attached hydrogens (tertiary/aromatic N) is 7. The van der Waals surface area contributed by atoms with Crippen LogP contribution in [0.1, 0.15) is 43.4 Å². The maximum absolute atomic E-state index is 14.2. The lowest BCUT2D eigenvalue weighted by molar-refractivity contribution is 0.187. The summed E-state index contributed by atoms with van der Waals surface area (Å²) in [5.74, 6) is 1.05. The zero-order chi connectivity index (χ0) is 26.1. The van der Waals surface area contributed by atoms with E-state index < -0.39 is 0 Å². The van der Waals surface area contributed by atoms with Crippen molar-refractivity contribution < 1.29 is 9.13 Å². The molecule has 2 atom stereocenters. The average molecular weight is 516 g/mol. The number of pyridine rings is 1. The summed E-state index contributed by atoms with van der Waals surface area (Å²) in [7, 11) is 2.14. The molecular weight excluding hydrogens is 481 g/mol. The summed E-state index contributed by atoms with van der Waals surface area (Å²) in [6.07, 6.45) is 9.37. The van der Waals surface area contributed by atoms with Crippen molar-refractivity contribution in [2.75, 3.05) is 49.6 Å². The molecule has 5 heterocycles. The van der Waals surface area contributed by atoms with Crippen molar-refractivity contribution in [3.05, 3.63) is 47.7 Å². The van der Waals surface area contributed by atoms with Crippen LogP contribution in [0.25, 0.3) is 10.8 Å². The van der Waals surface area contributed by atoms with Crippen molar-refractivity contribution in [3.8, 4) is 12.1 Å². The fourth-order valence-corrected chi connectivity index (χ4v) is 6.21. The van der Waals surface area contributed by atoms with Crippen LogP contribution in [-0.4, -0.2) is 65.7 Å². The molecule has 8 nitrogen and oxygen atoms in total. The van der Waals surface area contributed by atoms with Crippen LogP contribution in [0.2, 0.25) is 0 Å². The normalized spacial score (nSPS) is 21.9. The van der Waals surface area contributed by atoms with Crippen LogP contribution < -0.4 is 14.5 Å². The minimum absolute atomic E-state index is 0.253. The summed E-state index contributed by atoms with van der Waals surface area (Å²) in [6, 6.07) is 7.99. The van der Waals surface area contributed by atoms with E-state index in [-0.39, 0.29) is 5.82 Å². The molecule has 0 radical (unpaired) electrons. The minimum atomic E-state index is -0.253. The van der Waals surface area contributed by atoms with Crippen molar-refractivity contribution in [2.24, 2.45) is 5.92 Å². The fraction of sp³-hybridized carbons (Fsp3) is 0.517. The largest absolute Gasteiger partial charge is 0.462 e. The van der Waals surface area contributed by atoms with Crippen molar-refractivity contribution in [3.63, 3.8) is 0 Å². The number of hydrogen-bond acceptors (Lipinski definition) is 8. The average Bonchev–Trinajstić information content (AvgIpc) is 3.35. The second-order valence-corrected chi connectivity index (χ2v) is 10.9. The van der Waals surface area contributed by atoms with Gasteiger partial charge in [-0.15, -0.1) is 0 Å². The summed E-state index contributed by atoms with van der Waals surface area (Å²) in [4.78, 5) is 21.2. The van der Waals surface area contributed by atoms with Crippen molar-refractivity contribution >= 4 is 22.3 Å². The lowest BCUT2D eigenvalue weighted by Gasteiger charge is -2.37. The quantitative estimate of drug-likeness (QED) is 0.480. The van der Waals surface area contributed by atoms with E-state index >= 15 is 0 Å². The number of rotatable bonds is 6. The Bertz CT molecular complexity index is 1360. The molecule has 9 heteroatoms. The van der Waals surface area contributed by atoms with Gasteiger partial charge in [0.15, 0.2) is 0 Å². The van der Waals surface area contributed by atoms with E-state index in [4.69, 9.17) is 14.7 Å². The van der Waals surface area contributed by atoms with Gasteiger partial charge in [0.2, 0.25) is 0 Å². The number of fused-ring (bicyclic) bond motifs is 2. The summed E-state index contributed by atoms with van der Waals surface area (Å²) in [6.45, 7) is 4.76. The summed E-state index contributed by atoms with van der Waals surface area (Å²) in [5.41, 5.74) is 3.02. The summed E-state index contributed by atoms with van der Waals surface area (Å²) < 4.78 is 20.4. The van der Waals surface area contributed by atoms with Crippen molar-refractivity contribution in [1.29, 1.82) is 5.26 Å². The Morgan fingerprint density at radius 3 is 2.84 bits per heavy atom. The van der Waals surface area contributed by atoms with Gasteiger partial charge in [0, 0.05) is 54.6 Å². The standard InChI is InChI=1S/C29H34FN7O/c1-35-11-3-5-23(35)19-38-29-33-26-18-36(27-16-32-15-21-6-7-22(30)14-25(21)27)13-9-24(26)28(34-29)37-12-2-4-20(17-37)8-10-31/h6-7,14-16,20,23H,2-5,8-9,11-13,17-19H2,1H3/t20-,23-/m0/s1. The van der Waals surface area contributed by atoms with Crippen LogP contribution >= 0.6 is 0 Å². The van der Waals surface area contributed by atoms with Gasteiger partial charge in [-0.2, -0.15) is 15.2 Å². The van der Waals surface area contributed by atoms with Gasteiger partial charge in [-0.1, -0.05) is 0 Å². The maximum Gasteiger partial charge on any atom is 0.318 e. The van der Waals surface area contributed by atoms with Gasteiger partial charge in [0.05, 0.1) is 30.2 Å². The van der Waals surface area contributed by atoms with E-state index in [1.165, 1.54) is 12.5 Å². The van der Waals surface area contributed by atoms with Crippen LogP contribution in [0.5, 0.6) is 6.01 Å². The highest BCUT2D eigenvalue weighted by Crippen LogP contribution is 2.35. The Hall–Kier alpha value is -3.51. The van der Waals surface area contributed by atoms with E-state index in [2.05, 4.69) is 32.8 Å². The van der Waals surface area contributed by atoms with Gasteiger partial charge in [-0.25, -0.2) is 4.39 Å². The Morgan fingerprint density at radius 2 is 2.00 bits per heavy atom. The number of ether oxygens (including phenoxy) is 1. The zero-order valence-electron chi connectivity index (χ0n) is 21.9. The number of nitriles is 1. The number of piperidine rings is 1. The number of aromatic nitrogens is 3. The first kappa shape index (κ1) is 24.8. The lowest BCUT2D eigenvalue weighted by Crippen LogP contribution is -2.39. The predicted octanol–water partition coefficient (Wildman–Crippen LogP) is 4.33.